The first-order chi connectivity index (χ1) is 23.1. The zero-order valence-electron chi connectivity index (χ0n) is 32.0. The van der Waals surface area contributed by atoms with Gasteiger partial charge < -0.3 is 18.9 Å². The fraction of sp³-hybridized carbons (Fsp3) is 0.872. The van der Waals surface area contributed by atoms with Gasteiger partial charge in [-0.15, -0.1) is 0 Å². The maximum absolute atomic E-state index is 12.6. The monoisotopic (exact) mass is 703 g/mol. The Kier molecular flexibility index (Phi) is 32.4. The molecule has 1 N–H and O–H groups in total. The molecule has 0 radical (unpaired) electrons. The molecule has 0 aliphatic rings. The summed E-state index contributed by atoms with van der Waals surface area (Å²) in [6.45, 7) is 5.56. The SMILES string of the molecule is CCCCC/C=C\C/C=C\CCCCCCCCOCC(COP(=O)(O)OCC[N+](C)(C)C)OC(=O)CCCCCCCCCCCC. The lowest BCUT2D eigenvalue weighted by Crippen LogP contribution is -2.37. The van der Waals surface area contributed by atoms with E-state index in [1.807, 2.05) is 21.1 Å². The normalized spacial score (nSPS) is 14.2. The average Bonchev–Trinajstić information content (AvgIpc) is 3.03. The van der Waals surface area contributed by atoms with Crippen LogP contribution >= 0.6 is 7.82 Å². The molecule has 0 aromatic heterocycles. The van der Waals surface area contributed by atoms with Crippen molar-refractivity contribution in [2.24, 2.45) is 0 Å². The number of carbonyl (C=O) groups is 1. The van der Waals surface area contributed by atoms with E-state index in [0.29, 0.717) is 24.1 Å². The van der Waals surface area contributed by atoms with Gasteiger partial charge in [-0.1, -0.05) is 134 Å². The number of phosphoric acid groups is 1. The van der Waals surface area contributed by atoms with Gasteiger partial charge in [0, 0.05) is 13.0 Å². The fourth-order valence-electron chi connectivity index (χ4n) is 5.17. The number of rotatable bonds is 36. The molecule has 284 valence electrons. The number of ether oxygens (including phenoxy) is 2. The van der Waals surface area contributed by atoms with Crippen molar-refractivity contribution in [3.8, 4) is 0 Å². The minimum Gasteiger partial charge on any atom is -0.457 e. The summed E-state index contributed by atoms with van der Waals surface area (Å²) in [5.41, 5.74) is 0. The van der Waals surface area contributed by atoms with Crippen molar-refractivity contribution in [1.29, 1.82) is 0 Å². The van der Waals surface area contributed by atoms with E-state index in [2.05, 4.69) is 38.2 Å². The van der Waals surface area contributed by atoms with Crippen molar-refractivity contribution in [2.45, 2.75) is 168 Å². The Morgan fingerprint density at radius 3 is 1.73 bits per heavy atom. The maximum Gasteiger partial charge on any atom is 0.472 e. The zero-order chi connectivity index (χ0) is 35.6. The first-order valence-corrected chi connectivity index (χ1v) is 21.1. The van der Waals surface area contributed by atoms with Crippen LogP contribution in [0.5, 0.6) is 0 Å². The van der Waals surface area contributed by atoms with E-state index in [-0.39, 0.29) is 25.8 Å². The number of unbranched alkanes of at least 4 members (excludes halogenated alkanes) is 18. The number of phosphoric ester groups is 1. The predicted octanol–water partition coefficient (Wildman–Crippen LogP) is 10.9. The summed E-state index contributed by atoms with van der Waals surface area (Å²) in [4.78, 5) is 22.7. The third kappa shape index (κ3) is 36.3. The third-order valence-corrected chi connectivity index (χ3v) is 9.25. The van der Waals surface area contributed by atoms with Crippen LogP contribution in [0.3, 0.4) is 0 Å². The second kappa shape index (κ2) is 33.1. The van der Waals surface area contributed by atoms with Gasteiger partial charge in [0.25, 0.3) is 0 Å². The Hall–Kier alpha value is -1.02. The van der Waals surface area contributed by atoms with Gasteiger partial charge in [-0.25, -0.2) is 4.57 Å². The maximum atomic E-state index is 12.6. The minimum absolute atomic E-state index is 0.0878. The molecule has 2 unspecified atom stereocenters. The van der Waals surface area contributed by atoms with Crippen LogP contribution in [0.2, 0.25) is 0 Å². The smallest absolute Gasteiger partial charge is 0.457 e. The Morgan fingerprint density at radius 1 is 0.646 bits per heavy atom. The molecule has 0 amide bonds. The molecule has 0 aliphatic carbocycles. The highest BCUT2D eigenvalue weighted by Gasteiger charge is 2.26. The molecule has 0 aliphatic heterocycles. The lowest BCUT2D eigenvalue weighted by atomic mass is 10.1. The van der Waals surface area contributed by atoms with Crippen molar-refractivity contribution < 1.29 is 37.3 Å². The van der Waals surface area contributed by atoms with Gasteiger partial charge in [0.15, 0.2) is 0 Å². The topological polar surface area (TPSA) is 91.3 Å². The van der Waals surface area contributed by atoms with E-state index in [0.717, 1.165) is 44.9 Å². The van der Waals surface area contributed by atoms with Gasteiger partial charge in [-0.05, 0) is 44.9 Å². The fourth-order valence-corrected chi connectivity index (χ4v) is 5.91. The van der Waals surface area contributed by atoms with Crippen LogP contribution in [-0.4, -0.2) is 75.6 Å². The summed E-state index contributed by atoms with van der Waals surface area (Å²) in [6, 6.07) is 0. The molecule has 2 atom stereocenters. The van der Waals surface area contributed by atoms with Crippen LogP contribution in [0.15, 0.2) is 24.3 Å². The molecule has 48 heavy (non-hydrogen) atoms. The summed E-state index contributed by atoms with van der Waals surface area (Å²) >= 11 is 0. The zero-order valence-corrected chi connectivity index (χ0v) is 32.9. The Bertz CT molecular complexity index is 828. The molecule has 0 bridgehead atoms. The van der Waals surface area contributed by atoms with Gasteiger partial charge in [0.2, 0.25) is 0 Å². The lowest BCUT2D eigenvalue weighted by molar-refractivity contribution is -0.870. The average molecular weight is 703 g/mol. The van der Waals surface area contributed by atoms with E-state index in [4.69, 9.17) is 18.5 Å². The quantitative estimate of drug-likeness (QED) is 0.0228. The van der Waals surface area contributed by atoms with Crippen molar-refractivity contribution in [3.05, 3.63) is 24.3 Å². The van der Waals surface area contributed by atoms with Crippen LogP contribution in [0.25, 0.3) is 0 Å². The Labute approximate surface area is 296 Å². The molecule has 0 heterocycles. The molecule has 8 nitrogen and oxygen atoms in total. The van der Waals surface area contributed by atoms with E-state index >= 15 is 0 Å². The lowest BCUT2D eigenvalue weighted by Gasteiger charge is -2.24. The summed E-state index contributed by atoms with van der Waals surface area (Å²) in [7, 11) is 1.66. The second-order valence-corrected chi connectivity index (χ2v) is 15.8. The highest BCUT2D eigenvalue weighted by Crippen LogP contribution is 2.43. The summed E-state index contributed by atoms with van der Waals surface area (Å²) in [6.07, 6.45) is 34.9. The molecule has 9 heteroatoms. The summed E-state index contributed by atoms with van der Waals surface area (Å²) in [5, 5.41) is 0. The largest absolute Gasteiger partial charge is 0.472 e. The molecular weight excluding hydrogens is 625 g/mol. The van der Waals surface area contributed by atoms with Crippen LogP contribution in [0, 0.1) is 0 Å². The highest BCUT2D eigenvalue weighted by molar-refractivity contribution is 7.47. The first kappa shape index (κ1) is 47.0. The van der Waals surface area contributed by atoms with Crippen molar-refractivity contribution >= 4 is 13.8 Å². The molecule has 0 aromatic rings. The summed E-state index contributed by atoms with van der Waals surface area (Å²) in [5.74, 6) is -0.320. The Morgan fingerprint density at radius 2 is 1.15 bits per heavy atom. The third-order valence-electron chi connectivity index (χ3n) is 8.27. The number of hydrogen-bond acceptors (Lipinski definition) is 6. The van der Waals surface area contributed by atoms with E-state index in [9.17, 15) is 14.3 Å². The van der Waals surface area contributed by atoms with Gasteiger partial charge in [0.05, 0.1) is 34.4 Å². The van der Waals surface area contributed by atoms with E-state index < -0.39 is 13.9 Å². The molecule has 0 saturated heterocycles. The van der Waals surface area contributed by atoms with Crippen molar-refractivity contribution in [1.82, 2.24) is 0 Å². The number of hydrogen-bond donors (Lipinski definition) is 1. The number of carbonyl (C=O) groups excluding carboxylic acids is 1. The van der Waals surface area contributed by atoms with Gasteiger partial charge in [0.1, 0.15) is 19.3 Å². The van der Waals surface area contributed by atoms with Crippen LogP contribution in [0.4, 0.5) is 0 Å². The number of esters is 1. The minimum atomic E-state index is -4.26. The number of quaternary nitrogens is 1. The molecule has 0 fully saturated rings. The van der Waals surface area contributed by atoms with E-state index in [1.165, 1.54) is 96.3 Å². The van der Waals surface area contributed by atoms with Gasteiger partial charge in [-0.2, -0.15) is 0 Å². The summed E-state index contributed by atoms with van der Waals surface area (Å²) < 4.78 is 34.8. The standard InChI is InChI=1S/C39H76NO7P/c1-6-8-10-12-14-16-18-19-20-21-22-23-25-27-29-31-34-44-36-38(37-46-48(42,43)45-35-33-40(3,4)5)47-39(41)32-30-28-26-24-17-15-13-11-9-7-2/h14,16,19-20,38H,6-13,15,17-18,21-37H2,1-5H3/p+1/b16-14-,20-19-. The molecule has 0 saturated carbocycles. The molecule has 0 aromatic carbocycles. The van der Waals surface area contributed by atoms with Crippen LogP contribution in [0.1, 0.15) is 162 Å². The molecule has 0 rings (SSSR count). The van der Waals surface area contributed by atoms with Gasteiger partial charge in [-0.3, -0.25) is 13.8 Å². The van der Waals surface area contributed by atoms with Gasteiger partial charge >= 0.3 is 13.8 Å². The first-order valence-electron chi connectivity index (χ1n) is 19.6. The van der Waals surface area contributed by atoms with Crippen molar-refractivity contribution in [2.75, 3.05) is 54.1 Å². The predicted molar refractivity (Wildman–Crippen MR) is 201 cm³/mol. The number of likely N-dealkylation sites (N-methyl/N-ethyl adjacent to an activating group) is 1. The molecule has 0 spiro atoms. The Balaban J connectivity index is 4.27. The van der Waals surface area contributed by atoms with Crippen molar-refractivity contribution in [3.63, 3.8) is 0 Å². The second-order valence-electron chi connectivity index (χ2n) is 14.3. The highest BCUT2D eigenvalue weighted by atomic mass is 31.2. The molecular formula is C39H77NO7P+. The van der Waals surface area contributed by atoms with E-state index in [1.54, 1.807) is 0 Å². The van der Waals surface area contributed by atoms with Crippen LogP contribution < -0.4 is 0 Å². The van der Waals surface area contributed by atoms with Crippen LogP contribution in [-0.2, 0) is 27.9 Å². The number of allylic oxidation sites excluding steroid dienone is 4. The number of nitrogens with zero attached hydrogens (tertiary/aromatic N) is 1.